The number of halogens is 1. The number of benzene rings is 2. The molecule has 36 heavy (non-hydrogen) atoms. The van der Waals surface area contributed by atoms with Crippen molar-refractivity contribution in [2.45, 2.75) is 19.8 Å². The standard InChI is InChI=1S/C17H18ClN7O2.C8H10O/c1-4-13-22-15(27-24-13)11-8-20-17(23-14(11)19)21-9-5-6-10(12(18)7-9)16(26)25(2)3;9-7-6-8-4-2-1-3-5-8/h5-8H,4H2,1-3H3,(H3,19,20,21,23);1-5,9H,6-7H2. The molecule has 2 heterocycles. The van der Waals surface area contributed by atoms with Crippen molar-refractivity contribution in [3.63, 3.8) is 0 Å². The zero-order valence-corrected chi connectivity index (χ0v) is 21.0. The summed E-state index contributed by atoms with van der Waals surface area (Å²) in [7, 11) is 3.33. The van der Waals surface area contributed by atoms with Crippen LogP contribution in [0, 0.1) is 0 Å². The van der Waals surface area contributed by atoms with Crippen LogP contribution in [0.3, 0.4) is 0 Å². The molecule has 0 saturated carbocycles. The molecular weight excluding hydrogens is 482 g/mol. The number of nitrogen functional groups attached to an aromatic ring is 1. The van der Waals surface area contributed by atoms with E-state index in [1.54, 1.807) is 32.3 Å². The first-order chi connectivity index (χ1) is 17.3. The maximum absolute atomic E-state index is 12.0. The number of hydrogen-bond acceptors (Lipinski definition) is 9. The number of aliphatic hydroxyl groups is 1. The van der Waals surface area contributed by atoms with E-state index in [0.717, 1.165) is 6.42 Å². The number of anilines is 3. The monoisotopic (exact) mass is 509 g/mol. The van der Waals surface area contributed by atoms with Crippen LogP contribution in [0.5, 0.6) is 0 Å². The normalized spacial score (nSPS) is 10.4. The van der Waals surface area contributed by atoms with Crippen LogP contribution in [0.2, 0.25) is 5.02 Å². The van der Waals surface area contributed by atoms with Gasteiger partial charge in [-0.3, -0.25) is 4.79 Å². The number of carbonyl (C=O) groups is 1. The first kappa shape index (κ1) is 26.6. The van der Waals surface area contributed by atoms with Gasteiger partial charge in [0.2, 0.25) is 5.95 Å². The quantitative estimate of drug-likeness (QED) is 0.336. The van der Waals surface area contributed by atoms with Gasteiger partial charge in [-0.25, -0.2) is 4.98 Å². The van der Waals surface area contributed by atoms with Gasteiger partial charge in [0.25, 0.3) is 11.8 Å². The molecule has 0 aliphatic heterocycles. The van der Waals surface area contributed by atoms with Crippen molar-refractivity contribution in [1.29, 1.82) is 0 Å². The molecule has 2 aromatic heterocycles. The van der Waals surface area contributed by atoms with E-state index < -0.39 is 0 Å². The van der Waals surface area contributed by atoms with Crippen molar-refractivity contribution in [2.75, 3.05) is 31.8 Å². The summed E-state index contributed by atoms with van der Waals surface area (Å²) < 4.78 is 5.16. The summed E-state index contributed by atoms with van der Waals surface area (Å²) in [5, 5.41) is 15.7. The largest absolute Gasteiger partial charge is 0.396 e. The Hall–Kier alpha value is -4.02. The molecule has 10 nitrogen and oxygen atoms in total. The van der Waals surface area contributed by atoms with Crippen molar-refractivity contribution in [3.05, 3.63) is 76.7 Å². The van der Waals surface area contributed by atoms with Crippen LogP contribution in [0.4, 0.5) is 17.5 Å². The third-order valence-corrected chi connectivity index (χ3v) is 5.25. The minimum atomic E-state index is -0.178. The molecule has 0 radical (unpaired) electrons. The Balaban J connectivity index is 0.000000338. The molecule has 4 aromatic rings. The maximum atomic E-state index is 12.0. The highest BCUT2D eigenvalue weighted by molar-refractivity contribution is 6.34. The predicted molar refractivity (Wildman–Crippen MR) is 139 cm³/mol. The number of nitrogens with zero attached hydrogens (tertiary/aromatic N) is 5. The van der Waals surface area contributed by atoms with Gasteiger partial charge in [-0.05, 0) is 30.2 Å². The summed E-state index contributed by atoms with van der Waals surface area (Å²) in [6, 6.07) is 14.9. The van der Waals surface area contributed by atoms with Gasteiger partial charge in [0, 0.05) is 39.0 Å². The summed E-state index contributed by atoms with van der Waals surface area (Å²) in [5.41, 5.74) is 8.67. The predicted octanol–water partition coefficient (Wildman–Crippen LogP) is 3.99. The molecule has 0 bridgehead atoms. The Kier molecular flexibility index (Phi) is 9.32. The van der Waals surface area contributed by atoms with E-state index in [1.165, 1.54) is 16.7 Å². The second kappa shape index (κ2) is 12.6. The summed E-state index contributed by atoms with van der Waals surface area (Å²) in [4.78, 5) is 26.1. The van der Waals surface area contributed by atoms with Crippen LogP contribution >= 0.6 is 11.6 Å². The smallest absolute Gasteiger partial charge is 0.263 e. The van der Waals surface area contributed by atoms with Crippen molar-refractivity contribution in [3.8, 4) is 11.5 Å². The lowest BCUT2D eigenvalue weighted by molar-refractivity contribution is 0.0828. The zero-order chi connectivity index (χ0) is 26.1. The number of amides is 1. The number of hydrogen-bond donors (Lipinski definition) is 3. The average Bonchev–Trinajstić information content (AvgIpc) is 3.34. The summed E-state index contributed by atoms with van der Waals surface area (Å²) in [6.07, 6.45) is 2.92. The number of aromatic nitrogens is 4. The molecule has 0 atom stereocenters. The molecule has 0 aliphatic carbocycles. The fourth-order valence-corrected chi connectivity index (χ4v) is 3.30. The first-order valence-electron chi connectivity index (χ1n) is 11.2. The highest BCUT2D eigenvalue weighted by Crippen LogP contribution is 2.26. The van der Waals surface area contributed by atoms with Gasteiger partial charge in [-0.1, -0.05) is 54.0 Å². The fourth-order valence-electron chi connectivity index (χ4n) is 3.04. The third kappa shape index (κ3) is 7.00. The molecule has 1 amide bonds. The number of carbonyl (C=O) groups excluding carboxylic acids is 1. The Morgan fingerprint density at radius 2 is 1.92 bits per heavy atom. The van der Waals surface area contributed by atoms with E-state index in [4.69, 9.17) is 27.0 Å². The summed E-state index contributed by atoms with van der Waals surface area (Å²) in [6.45, 7) is 2.16. The molecule has 4 N–H and O–H groups in total. The molecule has 0 unspecified atom stereocenters. The Morgan fingerprint density at radius 3 is 2.50 bits per heavy atom. The summed E-state index contributed by atoms with van der Waals surface area (Å²) in [5.74, 6) is 1.14. The molecule has 4 rings (SSSR count). The molecule has 0 aliphatic rings. The van der Waals surface area contributed by atoms with Crippen LogP contribution in [-0.2, 0) is 12.8 Å². The molecule has 11 heteroatoms. The fraction of sp³-hybridized carbons (Fsp3) is 0.240. The molecule has 188 valence electrons. The molecule has 2 aromatic carbocycles. The lowest BCUT2D eigenvalue weighted by Gasteiger charge is -2.13. The van der Waals surface area contributed by atoms with Crippen LogP contribution < -0.4 is 11.1 Å². The number of nitrogens with one attached hydrogen (secondary N) is 1. The highest BCUT2D eigenvalue weighted by Gasteiger charge is 2.15. The van der Waals surface area contributed by atoms with Gasteiger partial charge in [0.05, 0.1) is 10.6 Å². The second-order valence-corrected chi connectivity index (χ2v) is 8.25. The van der Waals surface area contributed by atoms with Crippen molar-refractivity contribution >= 4 is 35.0 Å². The number of nitrogens with two attached hydrogens (primary N) is 1. The number of aryl methyl sites for hydroxylation is 1. The van der Waals surface area contributed by atoms with Gasteiger partial charge in [-0.15, -0.1) is 0 Å². The zero-order valence-electron chi connectivity index (χ0n) is 20.3. The first-order valence-corrected chi connectivity index (χ1v) is 11.6. The maximum Gasteiger partial charge on any atom is 0.263 e. The van der Waals surface area contributed by atoms with Crippen LogP contribution in [0.1, 0.15) is 28.7 Å². The number of aliphatic hydroxyl groups excluding tert-OH is 1. The van der Waals surface area contributed by atoms with E-state index >= 15 is 0 Å². The van der Waals surface area contributed by atoms with Crippen molar-refractivity contribution < 1.29 is 14.4 Å². The van der Waals surface area contributed by atoms with Gasteiger partial charge in [0.1, 0.15) is 11.4 Å². The Labute approximate surface area is 214 Å². The SMILES string of the molecule is CCc1noc(-c2cnc(Nc3ccc(C(=O)N(C)C)c(Cl)c3)nc2N)n1.OCCc1ccccc1. The Bertz CT molecular complexity index is 1300. The molecule has 0 spiro atoms. The lowest BCUT2D eigenvalue weighted by Crippen LogP contribution is -2.21. The van der Waals surface area contributed by atoms with E-state index in [9.17, 15) is 4.79 Å². The Morgan fingerprint density at radius 1 is 1.17 bits per heavy atom. The van der Waals surface area contributed by atoms with E-state index in [0.29, 0.717) is 34.1 Å². The van der Waals surface area contributed by atoms with E-state index in [-0.39, 0.29) is 30.2 Å². The van der Waals surface area contributed by atoms with Crippen LogP contribution in [0.15, 0.2) is 59.3 Å². The number of rotatable bonds is 7. The van der Waals surface area contributed by atoms with Gasteiger partial charge in [0.15, 0.2) is 5.82 Å². The molecular formula is C25H28ClN7O3. The highest BCUT2D eigenvalue weighted by atomic mass is 35.5. The van der Waals surface area contributed by atoms with Gasteiger partial charge in [-0.2, -0.15) is 9.97 Å². The van der Waals surface area contributed by atoms with Gasteiger partial charge >= 0.3 is 0 Å². The minimum Gasteiger partial charge on any atom is -0.396 e. The third-order valence-electron chi connectivity index (χ3n) is 4.94. The lowest BCUT2D eigenvalue weighted by atomic mass is 10.2. The van der Waals surface area contributed by atoms with Gasteiger partial charge < -0.3 is 25.6 Å². The van der Waals surface area contributed by atoms with E-state index in [1.807, 2.05) is 37.3 Å². The van der Waals surface area contributed by atoms with Crippen molar-refractivity contribution in [2.24, 2.45) is 0 Å². The average molecular weight is 510 g/mol. The van der Waals surface area contributed by atoms with Crippen LogP contribution in [0.25, 0.3) is 11.5 Å². The molecule has 0 saturated heterocycles. The van der Waals surface area contributed by atoms with Crippen molar-refractivity contribution in [1.82, 2.24) is 25.0 Å². The van der Waals surface area contributed by atoms with E-state index in [2.05, 4.69) is 25.4 Å². The topological polar surface area (TPSA) is 143 Å². The minimum absolute atomic E-state index is 0.178. The second-order valence-electron chi connectivity index (χ2n) is 7.84. The summed E-state index contributed by atoms with van der Waals surface area (Å²) >= 11 is 6.21. The molecule has 0 fully saturated rings. The van der Waals surface area contributed by atoms with Crippen LogP contribution in [-0.4, -0.2) is 56.7 Å².